The topological polar surface area (TPSA) is 76.8 Å². The highest BCUT2D eigenvalue weighted by Crippen LogP contribution is 2.33. The summed E-state index contributed by atoms with van der Waals surface area (Å²) in [5, 5.41) is 3.77. The first-order chi connectivity index (χ1) is 15.0. The van der Waals surface area contributed by atoms with Crippen LogP contribution in [0.3, 0.4) is 0 Å². The summed E-state index contributed by atoms with van der Waals surface area (Å²) >= 11 is 1.36. The molecule has 0 saturated heterocycles. The van der Waals surface area contributed by atoms with E-state index >= 15 is 0 Å². The molecule has 7 nitrogen and oxygen atoms in total. The summed E-state index contributed by atoms with van der Waals surface area (Å²) in [6, 6.07) is 7.90. The Morgan fingerprint density at radius 3 is 2.61 bits per heavy atom. The fraction of sp³-hybridized carbons (Fsp3) is 0.391. The maximum absolute atomic E-state index is 12.7. The molecule has 1 aliphatic rings. The first kappa shape index (κ1) is 21.4. The normalized spacial score (nSPS) is 13.7. The van der Waals surface area contributed by atoms with E-state index < -0.39 is 0 Å². The molecule has 3 aromatic rings. The van der Waals surface area contributed by atoms with Crippen LogP contribution in [-0.2, 0) is 13.0 Å². The molecule has 3 heterocycles. The lowest BCUT2D eigenvalue weighted by molar-refractivity contribution is 0.0950. The lowest BCUT2D eigenvalue weighted by Crippen LogP contribution is -2.37. The van der Waals surface area contributed by atoms with Crippen molar-refractivity contribution in [3.05, 3.63) is 51.7 Å². The fourth-order valence-electron chi connectivity index (χ4n) is 3.80. The number of furan rings is 1. The molecule has 164 valence electrons. The van der Waals surface area contributed by atoms with Gasteiger partial charge >= 0.3 is 0 Å². The summed E-state index contributed by atoms with van der Waals surface area (Å²) in [6.45, 7) is 6.87. The SMILES string of the molecule is COc1cc2c(cc1OC)CN(CCNC(=O)c1sc(-c3ccc(C)o3)nc1C)CC2. The average molecular weight is 442 g/mol. The molecule has 31 heavy (non-hydrogen) atoms. The van der Waals surface area contributed by atoms with Crippen molar-refractivity contribution < 1.29 is 18.7 Å². The summed E-state index contributed by atoms with van der Waals surface area (Å²) in [5.74, 6) is 2.95. The third-order valence-corrected chi connectivity index (χ3v) is 6.64. The van der Waals surface area contributed by atoms with Gasteiger partial charge in [-0.15, -0.1) is 11.3 Å². The molecule has 4 rings (SSSR count). The van der Waals surface area contributed by atoms with Gasteiger partial charge in [0, 0.05) is 26.2 Å². The second-order valence-electron chi connectivity index (χ2n) is 7.60. The number of hydrogen-bond donors (Lipinski definition) is 1. The van der Waals surface area contributed by atoms with E-state index in [1.165, 1.54) is 22.5 Å². The van der Waals surface area contributed by atoms with Crippen molar-refractivity contribution in [2.45, 2.75) is 26.8 Å². The predicted octanol–water partition coefficient (Wildman–Crippen LogP) is 3.83. The zero-order valence-electron chi connectivity index (χ0n) is 18.3. The first-order valence-corrected chi connectivity index (χ1v) is 11.1. The molecule has 1 aromatic carbocycles. The summed E-state index contributed by atoms with van der Waals surface area (Å²) < 4.78 is 16.5. The van der Waals surface area contributed by atoms with Gasteiger partial charge in [-0.1, -0.05) is 0 Å². The van der Waals surface area contributed by atoms with Gasteiger partial charge in [0.15, 0.2) is 22.3 Å². The number of rotatable bonds is 7. The lowest BCUT2D eigenvalue weighted by atomic mass is 9.99. The minimum absolute atomic E-state index is 0.0895. The summed E-state index contributed by atoms with van der Waals surface area (Å²) in [4.78, 5) is 20.2. The Bertz CT molecular complexity index is 1090. The third-order valence-electron chi connectivity index (χ3n) is 5.46. The van der Waals surface area contributed by atoms with Crippen molar-refractivity contribution in [2.24, 2.45) is 0 Å². The van der Waals surface area contributed by atoms with Crippen LogP contribution in [0.5, 0.6) is 11.5 Å². The van der Waals surface area contributed by atoms with Gasteiger partial charge in [-0.25, -0.2) is 4.98 Å². The van der Waals surface area contributed by atoms with Crippen LogP contribution in [0.15, 0.2) is 28.7 Å². The van der Waals surface area contributed by atoms with E-state index in [2.05, 4.69) is 27.3 Å². The third kappa shape index (κ3) is 4.60. The Balaban J connectivity index is 1.34. The molecule has 1 aliphatic heterocycles. The Hall–Kier alpha value is -2.84. The average Bonchev–Trinajstić information content (AvgIpc) is 3.38. The van der Waals surface area contributed by atoms with Crippen molar-refractivity contribution in [3.63, 3.8) is 0 Å². The molecular weight excluding hydrogens is 414 g/mol. The van der Waals surface area contributed by atoms with Crippen molar-refractivity contribution in [2.75, 3.05) is 33.9 Å². The highest BCUT2D eigenvalue weighted by molar-refractivity contribution is 7.17. The monoisotopic (exact) mass is 441 g/mol. The molecule has 1 N–H and O–H groups in total. The number of methoxy groups -OCH3 is 2. The molecule has 0 radical (unpaired) electrons. The molecule has 0 bridgehead atoms. The molecule has 0 aliphatic carbocycles. The largest absolute Gasteiger partial charge is 0.493 e. The quantitative estimate of drug-likeness (QED) is 0.601. The maximum Gasteiger partial charge on any atom is 0.263 e. The van der Waals surface area contributed by atoms with Crippen LogP contribution >= 0.6 is 11.3 Å². The molecule has 0 spiro atoms. The molecule has 2 aromatic heterocycles. The minimum atomic E-state index is -0.0895. The van der Waals surface area contributed by atoms with Gasteiger partial charge in [-0.3, -0.25) is 9.69 Å². The lowest BCUT2D eigenvalue weighted by Gasteiger charge is -2.29. The number of fused-ring (bicyclic) bond motifs is 1. The van der Waals surface area contributed by atoms with Crippen LogP contribution in [0.25, 0.3) is 10.8 Å². The molecule has 1 amide bonds. The fourth-order valence-corrected chi connectivity index (χ4v) is 4.75. The zero-order chi connectivity index (χ0) is 22.0. The van der Waals surface area contributed by atoms with Gasteiger partial charge in [-0.05, 0) is 55.7 Å². The highest BCUT2D eigenvalue weighted by atomic mass is 32.1. The molecule has 8 heteroatoms. The Morgan fingerprint density at radius 2 is 1.94 bits per heavy atom. The summed E-state index contributed by atoms with van der Waals surface area (Å²) in [5.41, 5.74) is 3.25. The molecule has 0 saturated carbocycles. The summed E-state index contributed by atoms with van der Waals surface area (Å²) in [7, 11) is 3.31. The number of amides is 1. The number of thiazole rings is 1. The first-order valence-electron chi connectivity index (χ1n) is 10.3. The molecule has 0 atom stereocenters. The van der Waals surface area contributed by atoms with Crippen molar-refractivity contribution in [1.82, 2.24) is 15.2 Å². The number of hydrogen-bond acceptors (Lipinski definition) is 7. The highest BCUT2D eigenvalue weighted by Gasteiger charge is 2.21. The second-order valence-corrected chi connectivity index (χ2v) is 8.60. The van der Waals surface area contributed by atoms with E-state index in [1.54, 1.807) is 14.2 Å². The number of benzene rings is 1. The molecule has 0 unspecified atom stereocenters. The van der Waals surface area contributed by atoms with Gasteiger partial charge in [0.1, 0.15) is 10.6 Å². The van der Waals surface area contributed by atoms with E-state index in [0.717, 1.165) is 54.0 Å². The van der Waals surface area contributed by atoms with E-state index in [4.69, 9.17) is 13.9 Å². The van der Waals surface area contributed by atoms with Crippen molar-refractivity contribution in [3.8, 4) is 22.3 Å². The van der Waals surface area contributed by atoms with E-state index in [9.17, 15) is 4.79 Å². The van der Waals surface area contributed by atoms with E-state index in [0.29, 0.717) is 17.2 Å². The van der Waals surface area contributed by atoms with Crippen LogP contribution < -0.4 is 14.8 Å². The number of nitrogens with zero attached hydrogens (tertiary/aromatic N) is 2. The number of carbonyl (C=O) groups excluding carboxylic acids is 1. The number of nitrogens with one attached hydrogen (secondary N) is 1. The van der Waals surface area contributed by atoms with Crippen LogP contribution in [0.2, 0.25) is 0 Å². The Labute approximate surface area is 186 Å². The minimum Gasteiger partial charge on any atom is -0.493 e. The van der Waals surface area contributed by atoms with Crippen LogP contribution in [-0.4, -0.2) is 49.6 Å². The summed E-state index contributed by atoms with van der Waals surface area (Å²) in [6.07, 6.45) is 0.948. The maximum atomic E-state index is 12.7. The number of aromatic nitrogens is 1. The van der Waals surface area contributed by atoms with Crippen molar-refractivity contribution >= 4 is 17.2 Å². The van der Waals surface area contributed by atoms with Crippen molar-refractivity contribution in [1.29, 1.82) is 0 Å². The van der Waals surface area contributed by atoms with Crippen LogP contribution in [0, 0.1) is 13.8 Å². The van der Waals surface area contributed by atoms with Gasteiger partial charge in [0.25, 0.3) is 5.91 Å². The van der Waals surface area contributed by atoms with E-state index in [-0.39, 0.29) is 5.91 Å². The van der Waals surface area contributed by atoms with Crippen LogP contribution in [0.1, 0.15) is 32.3 Å². The van der Waals surface area contributed by atoms with Gasteiger partial charge in [0.2, 0.25) is 0 Å². The van der Waals surface area contributed by atoms with Gasteiger partial charge in [0.05, 0.1) is 19.9 Å². The predicted molar refractivity (Wildman–Crippen MR) is 120 cm³/mol. The number of carbonyl (C=O) groups is 1. The zero-order valence-corrected chi connectivity index (χ0v) is 19.1. The molecular formula is C23H27N3O4S. The Morgan fingerprint density at radius 1 is 1.19 bits per heavy atom. The van der Waals surface area contributed by atoms with Gasteiger partial charge in [-0.2, -0.15) is 0 Å². The number of ether oxygens (including phenoxy) is 2. The smallest absolute Gasteiger partial charge is 0.263 e. The Kier molecular flexibility index (Phi) is 6.29. The number of aryl methyl sites for hydroxylation is 2. The second kappa shape index (κ2) is 9.11. The standard InChI is InChI=1S/C23H27N3O4S/c1-14-5-6-18(30-14)23-25-15(2)21(31-23)22(27)24-8-10-26-9-7-16-11-19(28-3)20(29-4)12-17(16)13-26/h5-6,11-12H,7-10,13H2,1-4H3,(H,24,27). The van der Waals surface area contributed by atoms with E-state index in [1.807, 2.05) is 26.0 Å². The van der Waals surface area contributed by atoms with Gasteiger partial charge < -0.3 is 19.2 Å². The van der Waals surface area contributed by atoms with Crippen LogP contribution in [0.4, 0.5) is 0 Å². The molecule has 0 fully saturated rings.